The topological polar surface area (TPSA) is 44.1 Å². The van der Waals surface area contributed by atoms with Gasteiger partial charge in [-0.1, -0.05) is 12.1 Å². The number of fused-ring (bicyclic) bond motifs is 1. The third-order valence-corrected chi connectivity index (χ3v) is 3.30. The van der Waals surface area contributed by atoms with Gasteiger partial charge in [0.05, 0.1) is 36.6 Å². The average molecular weight is 284 g/mol. The van der Waals surface area contributed by atoms with Crippen LogP contribution in [0.15, 0.2) is 48.8 Å². The maximum Gasteiger partial charge on any atom is 0.186 e. The lowest BCUT2D eigenvalue weighted by Crippen LogP contribution is -2.11. The van der Waals surface area contributed by atoms with Gasteiger partial charge in [-0.15, -0.1) is 0 Å². The van der Waals surface area contributed by atoms with E-state index in [4.69, 9.17) is 4.74 Å². The molecule has 0 bridgehead atoms. The number of ketones is 1. The predicted molar refractivity (Wildman–Crippen MR) is 77.0 cm³/mol. The minimum Gasteiger partial charge on any atom is -0.496 e. The standard InChI is InChI=1S/C16H13FN2O2/c1-21-16-7-6-11(17)8-12(16)15(20)9-19-10-18-13-4-2-3-5-14(13)19/h2-8,10H,9H2,1H3. The first kappa shape index (κ1) is 13.3. The van der Waals surface area contributed by atoms with Gasteiger partial charge < -0.3 is 9.30 Å². The third kappa shape index (κ3) is 2.50. The highest BCUT2D eigenvalue weighted by molar-refractivity contribution is 5.99. The Balaban J connectivity index is 1.95. The van der Waals surface area contributed by atoms with Crippen LogP contribution in [0.25, 0.3) is 11.0 Å². The molecule has 0 radical (unpaired) electrons. The molecule has 0 aliphatic carbocycles. The second-order valence-corrected chi connectivity index (χ2v) is 4.63. The van der Waals surface area contributed by atoms with Crippen LogP contribution in [0.5, 0.6) is 5.75 Å². The number of aromatic nitrogens is 2. The molecule has 0 spiro atoms. The van der Waals surface area contributed by atoms with Gasteiger partial charge in [-0.25, -0.2) is 9.37 Å². The molecule has 2 aromatic carbocycles. The van der Waals surface area contributed by atoms with E-state index in [2.05, 4.69) is 4.98 Å². The molecular weight excluding hydrogens is 271 g/mol. The Morgan fingerprint density at radius 2 is 2.10 bits per heavy atom. The van der Waals surface area contributed by atoms with E-state index in [0.717, 1.165) is 11.0 Å². The van der Waals surface area contributed by atoms with Gasteiger partial charge in [0.25, 0.3) is 0 Å². The molecule has 0 saturated carbocycles. The van der Waals surface area contributed by atoms with E-state index in [1.807, 2.05) is 24.3 Å². The monoisotopic (exact) mass is 284 g/mol. The summed E-state index contributed by atoms with van der Waals surface area (Å²) in [6, 6.07) is 11.4. The Morgan fingerprint density at radius 1 is 1.29 bits per heavy atom. The van der Waals surface area contributed by atoms with Crippen molar-refractivity contribution in [3.05, 3.63) is 60.2 Å². The summed E-state index contributed by atoms with van der Waals surface area (Å²) < 4.78 is 20.2. The SMILES string of the molecule is COc1ccc(F)cc1C(=O)Cn1cnc2ccccc21. The van der Waals surface area contributed by atoms with E-state index >= 15 is 0 Å². The van der Waals surface area contributed by atoms with Crippen LogP contribution in [0.3, 0.4) is 0 Å². The summed E-state index contributed by atoms with van der Waals surface area (Å²) in [6.07, 6.45) is 1.61. The highest BCUT2D eigenvalue weighted by Crippen LogP contribution is 2.21. The summed E-state index contributed by atoms with van der Waals surface area (Å²) in [4.78, 5) is 16.6. The van der Waals surface area contributed by atoms with Gasteiger partial charge in [-0.2, -0.15) is 0 Å². The Hall–Kier alpha value is -2.69. The molecule has 5 heteroatoms. The lowest BCUT2D eigenvalue weighted by molar-refractivity contribution is 0.0970. The van der Waals surface area contributed by atoms with E-state index < -0.39 is 5.82 Å². The van der Waals surface area contributed by atoms with Gasteiger partial charge in [0.1, 0.15) is 11.6 Å². The van der Waals surface area contributed by atoms with Crippen LogP contribution in [0.2, 0.25) is 0 Å². The number of hydrogen-bond donors (Lipinski definition) is 0. The first-order valence-electron chi connectivity index (χ1n) is 6.45. The fourth-order valence-electron chi connectivity index (χ4n) is 2.27. The maximum atomic E-state index is 13.3. The fraction of sp³-hybridized carbons (Fsp3) is 0.125. The number of Topliss-reactive ketones (excluding diaryl/α,β-unsaturated/α-hetero) is 1. The van der Waals surface area contributed by atoms with Gasteiger partial charge in [-0.3, -0.25) is 4.79 Å². The van der Waals surface area contributed by atoms with E-state index in [1.165, 1.54) is 25.3 Å². The Bertz CT molecular complexity index is 811. The first-order chi connectivity index (χ1) is 10.2. The first-order valence-corrected chi connectivity index (χ1v) is 6.45. The number of benzene rings is 2. The van der Waals surface area contributed by atoms with Crippen molar-refractivity contribution in [1.82, 2.24) is 9.55 Å². The molecule has 0 unspecified atom stereocenters. The van der Waals surface area contributed by atoms with Gasteiger partial charge in [0, 0.05) is 0 Å². The number of carbonyl (C=O) groups excluding carboxylic acids is 1. The van der Waals surface area contributed by atoms with Gasteiger partial charge >= 0.3 is 0 Å². The molecule has 0 aliphatic rings. The Morgan fingerprint density at radius 3 is 2.90 bits per heavy atom. The molecule has 0 saturated heterocycles. The average Bonchev–Trinajstić information content (AvgIpc) is 2.90. The number of rotatable bonds is 4. The Kier molecular flexibility index (Phi) is 3.39. The van der Waals surface area contributed by atoms with Crippen molar-refractivity contribution in [2.75, 3.05) is 7.11 Å². The summed E-state index contributed by atoms with van der Waals surface area (Å²) in [5.74, 6) is -0.324. The number of hydrogen-bond acceptors (Lipinski definition) is 3. The highest BCUT2D eigenvalue weighted by atomic mass is 19.1. The zero-order valence-corrected chi connectivity index (χ0v) is 11.4. The summed E-state index contributed by atoms with van der Waals surface area (Å²) in [5.41, 5.74) is 1.91. The van der Waals surface area contributed by atoms with Crippen molar-refractivity contribution in [3.8, 4) is 5.75 Å². The van der Waals surface area contributed by atoms with Crippen LogP contribution in [0, 0.1) is 5.82 Å². The zero-order valence-electron chi connectivity index (χ0n) is 11.4. The lowest BCUT2D eigenvalue weighted by atomic mass is 10.1. The molecule has 1 heterocycles. The molecule has 21 heavy (non-hydrogen) atoms. The van der Waals surface area contributed by atoms with Gasteiger partial charge in [0.15, 0.2) is 5.78 Å². The quantitative estimate of drug-likeness (QED) is 0.692. The smallest absolute Gasteiger partial charge is 0.186 e. The number of nitrogens with zero attached hydrogens (tertiary/aromatic N) is 2. The van der Waals surface area contributed by atoms with Crippen LogP contribution in [0.4, 0.5) is 4.39 Å². The highest BCUT2D eigenvalue weighted by Gasteiger charge is 2.15. The number of halogens is 1. The molecule has 106 valence electrons. The van der Waals surface area contributed by atoms with Crippen molar-refractivity contribution >= 4 is 16.8 Å². The molecule has 0 atom stereocenters. The van der Waals surface area contributed by atoms with E-state index in [9.17, 15) is 9.18 Å². The van der Waals surface area contributed by atoms with Crippen molar-refractivity contribution in [3.63, 3.8) is 0 Å². The molecule has 0 amide bonds. The summed E-state index contributed by atoms with van der Waals surface area (Å²) in [7, 11) is 1.45. The molecule has 0 aliphatic heterocycles. The second kappa shape index (κ2) is 5.36. The lowest BCUT2D eigenvalue weighted by Gasteiger charge is -2.08. The van der Waals surface area contributed by atoms with E-state index in [0.29, 0.717) is 5.75 Å². The van der Waals surface area contributed by atoms with Crippen molar-refractivity contribution < 1.29 is 13.9 Å². The molecule has 3 aromatic rings. The van der Waals surface area contributed by atoms with Crippen molar-refractivity contribution in [2.24, 2.45) is 0 Å². The number of para-hydroxylation sites is 2. The minimum absolute atomic E-state index is 0.0837. The van der Waals surface area contributed by atoms with Crippen LogP contribution < -0.4 is 4.74 Å². The number of ether oxygens (including phenoxy) is 1. The van der Waals surface area contributed by atoms with Crippen LogP contribution >= 0.6 is 0 Å². The predicted octanol–water partition coefficient (Wildman–Crippen LogP) is 3.07. The van der Waals surface area contributed by atoms with Gasteiger partial charge in [0.2, 0.25) is 0 Å². The van der Waals surface area contributed by atoms with Crippen molar-refractivity contribution in [2.45, 2.75) is 6.54 Å². The summed E-state index contributed by atoms with van der Waals surface area (Å²) in [6.45, 7) is 0.0837. The summed E-state index contributed by atoms with van der Waals surface area (Å²) in [5, 5.41) is 0. The van der Waals surface area contributed by atoms with Gasteiger partial charge in [-0.05, 0) is 30.3 Å². The molecule has 1 aromatic heterocycles. The summed E-state index contributed by atoms with van der Waals surface area (Å²) >= 11 is 0. The van der Waals surface area contributed by atoms with Crippen LogP contribution in [0.1, 0.15) is 10.4 Å². The largest absolute Gasteiger partial charge is 0.496 e. The van der Waals surface area contributed by atoms with Crippen LogP contribution in [-0.2, 0) is 6.54 Å². The number of imidazole rings is 1. The molecule has 3 rings (SSSR count). The van der Waals surface area contributed by atoms with E-state index in [1.54, 1.807) is 10.9 Å². The number of carbonyl (C=O) groups is 1. The number of methoxy groups -OCH3 is 1. The fourth-order valence-corrected chi connectivity index (χ4v) is 2.27. The molecular formula is C16H13FN2O2. The second-order valence-electron chi connectivity index (χ2n) is 4.63. The normalized spacial score (nSPS) is 10.8. The minimum atomic E-state index is -0.463. The third-order valence-electron chi connectivity index (χ3n) is 3.30. The zero-order chi connectivity index (χ0) is 14.8. The molecule has 0 N–H and O–H groups in total. The van der Waals surface area contributed by atoms with E-state index in [-0.39, 0.29) is 17.9 Å². The van der Waals surface area contributed by atoms with Crippen molar-refractivity contribution in [1.29, 1.82) is 0 Å². The molecule has 4 nitrogen and oxygen atoms in total. The molecule has 0 fully saturated rings. The Labute approximate surface area is 120 Å². The van der Waals surface area contributed by atoms with Crippen LogP contribution in [-0.4, -0.2) is 22.4 Å². The maximum absolute atomic E-state index is 13.3.